The van der Waals surface area contributed by atoms with Gasteiger partial charge in [0.25, 0.3) is 0 Å². The van der Waals surface area contributed by atoms with E-state index in [2.05, 4.69) is 5.32 Å². The van der Waals surface area contributed by atoms with Crippen molar-refractivity contribution in [2.45, 2.75) is 57.1 Å². The molecule has 0 aliphatic carbocycles. The van der Waals surface area contributed by atoms with Gasteiger partial charge in [-0.05, 0) is 44.6 Å². The third-order valence-corrected chi connectivity index (χ3v) is 4.71. The van der Waals surface area contributed by atoms with E-state index in [1.54, 1.807) is 11.8 Å². The number of nitrogens with zero attached hydrogens (tertiary/aromatic N) is 1. The van der Waals surface area contributed by atoms with Crippen molar-refractivity contribution in [1.82, 2.24) is 10.2 Å². The molecule has 0 spiro atoms. The van der Waals surface area contributed by atoms with Crippen LogP contribution in [-0.4, -0.2) is 51.8 Å². The molecule has 2 unspecified atom stereocenters. The van der Waals surface area contributed by atoms with E-state index < -0.39 is 11.6 Å². The molecule has 3 N–H and O–H groups in total. The maximum Gasteiger partial charge on any atom is 0.317 e. The number of likely N-dealkylation sites (tertiary alicyclic amines) is 1. The molecular formula is C19H28N2O4. The molecule has 0 bridgehead atoms. The highest BCUT2D eigenvalue weighted by Crippen LogP contribution is 2.21. The smallest absolute Gasteiger partial charge is 0.317 e. The first-order valence-corrected chi connectivity index (χ1v) is 8.89. The number of rotatable bonds is 6. The zero-order valence-corrected chi connectivity index (χ0v) is 14.8. The Morgan fingerprint density at radius 2 is 1.96 bits per heavy atom. The summed E-state index contributed by atoms with van der Waals surface area (Å²) in [4.78, 5) is 25.2. The third kappa shape index (κ3) is 6.74. The maximum atomic E-state index is 12.6. The van der Waals surface area contributed by atoms with Crippen LogP contribution in [0.4, 0.5) is 4.79 Å². The van der Waals surface area contributed by atoms with Gasteiger partial charge in [-0.2, -0.15) is 0 Å². The highest BCUT2D eigenvalue weighted by atomic mass is 16.4. The molecule has 1 heterocycles. The Morgan fingerprint density at radius 1 is 1.24 bits per heavy atom. The van der Waals surface area contributed by atoms with Gasteiger partial charge in [-0.3, -0.25) is 4.79 Å². The quantitative estimate of drug-likeness (QED) is 0.736. The standard InChI is InChI=1S/C19H28N2O4/c1-19(25)10-5-12-21(13-11-19)18(24)20-16(8-9-17(22)23)14-15-6-3-2-4-7-15/h2-4,6-7,16,25H,5,8-14H2,1H3,(H,20,24)(H,22,23). The summed E-state index contributed by atoms with van der Waals surface area (Å²) >= 11 is 0. The topological polar surface area (TPSA) is 89.9 Å². The van der Waals surface area contributed by atoms with Crippen LogP contribution in [0.5, 0.6) is 0 Å². The minimum atomic E-state index is -0.863. The summed E-state index contributed by atoms with van der Waals surface area (Å²) in [6, 6.07) is 9.34. The SMILES string of the molecule is CC1(O)CCCN(C(=O)NC(CCC(=O)O)Cc2ccccc2)CC1. The van der Waals surface area contributed by atoms with Crippen molar-refractivity contribution in [2.75, 3.05) is 13.1 Å². The lowest BCUT2D eigenvalue weighted by molar-refractivity contribution is -0.137. The number of hydrogen-bond donors (Lipinski definition) is 3. The molecule has 0 saturated carbocycles. The molecule has 1 fully saturated rings. The fourth-order valence-electron chi connectivity index (χ4n) is 3.15. The molecule has 25 heavy (non-hydrogen) atoms. The predicted molar refractivity (Wildman–Crippen MR) is 95.4 cm³/mol. The van der Waals surface area contributed by atoms with Crippen LogP contribution in [0.1, 0.15) is 44.6 Å². The average Bonchev–Trinajstić information content (AvgIpc) is 2.74. The highest BCUT2D eigenvalue weighted by Gasteiger charge is 2.28. The molecule has 2 amide bonds. The lowest BCUT2D eigenvalue weighted by atomic mass is 9.98. The first kappa shape index (κ1) is 19.2. The van der Waals surface area contributed by atoms with Crippen LogP contribution >= 0.6 is 0 Å². The van der Waals surface area contributed by atoms with Gasteiger partial charge in [-0.15, -0.1) is 0 Å². The van der Waals surface area contributed by atoms with Crippen LogP contribution in [0, 0.1) is 0 Å². The number of carbonyl (C=O) groups excluding carboxylic acids is 1. The zero-order valence-electron chi connectivity index (χ0n) is 14.8. The second kappa shape index (κ2) is 8.85. The van der Waals surface area contributed by atoms with Crippen LogP contribution in [-0.2, 0) is 11.2 Å². The van der Waals surface area contributed by atoms with Crippen molar-refractivity contribution in [3.8, 4) is 0 Å². The second-order valence-corrected chi connectivity index (χ2v) is 7.11. The molecule has 1 aliphatic heterocycles. The molecule has 1 aromatic carbocycles. The number of nitrogens with one attached hydrogen (secondary N) is 1. The largest absolute Gasteiger partial charge is 0.481 e. The van der Waals surface area contributed by atoms with Gasteiger partial charge in [0.05, 0.1) is 5.60 Å². The van der Waals surface area contributed by atoms with Gasteiger partial charge in [0, 0.05) is 25.6 Å². The molecule has 0 radical (unpaired) electrons. The van der Waals surface area contributed by atoms with Gasteiger partial charge >= 0.3 is 12.0 Å². The van der Waals surface area contributed by atoms with Gasteiger partial charge in [0.1, 0.15) is 0 Å². The van der Waals surface area contributed by atoms with E-state index in [-0.39, 0.29) is 18.5 Å². The summed E-state index contributed by atoms with van der Waals surface area (Å²) in [5.41, 5.74) is 0.346. The van der Waals surface area contributed by atoms with Crippen LogP contribution < -0.4 is 5.32 Å². The van der Waals surface area contributed by atoms with E-state index in [4.69, 9.17) is 5.11 Å². The number of aliphatic hydroxyl groups is 1. The van der Waals surface area contributed by atoms with Crippen LogP contribution in [0.25, 0.3) is 0 Å². The Labute approximate surface area is 148 Å². The molecular weight excluding hydrogens is 320 g/mol. The normalized spacial score (nSPS) is 22.1. The number of carboxylic acids is 1. The lowest BCUT2D eigenvalue weighted by Crippen LogP contribution is -2.46. The first-order valence-electron chi connectivity index (χ1n) is 8.89. The summed E-state index contributed by atoms with van der Waals surface area (Å²) < 4.78 is 0. The Hall–Kier alpha value is -2.08. The van der Waals surface area contributed by atoms with Crippen molar-refractivity contribution < 1.29 is 19.8 Å². The molecule has 138 valence electrons. The lowest BCUT2D eigenvalue weighted by Gasteiger charge is -2.26. The summed E-state index contributed by atoms with van der Waals surface area (Å²) in [5, 5.41) is 22.1. The summed E-state index contributed by atoms with van der Waals surface area (Å²) in [6.07, 6.45) is 3.01. The van der Waals surface area contributed by atoms with E-state index in [1.165, 1.54) is 0 Å². The Morgan fingerprint density at radius 3 is 2.64 bits per heavy atom. The molecule has 1 aromatic rings. The molecule has 6 heteroatoms. The van der Waals surface area contributed by atoms with E-state index in [1.807, 2.05) is 30.3 Å². The number of aliphatic carboxylic acids is 1. The molecule has 0 aromatic heterocycles. The van der Waals surface area contributed by atoms with Gasteiger partial charge < -0.3 is 20.4 Å². The van der Waals surface area contributed by atoms with Crippen molar-refractivity contribution in [2.24, 2.45) is 0 Å². The average molecular weight is 348 g/mol. The van der Waals surface area contributed by atoms with Crippen molar-refractivity contribution in [1.29, 1.82) is 0 Å². The number of amides is 2. The predicted octanol–water partition coefficient (Wildman–Crippen LogP) is 2.41. The van der Waals surface area contributed by atoms with Crippen LogP contribution in [0.3, 0.4) is 0 Å². The first-order chi connectivity index (χ1) is 11.9. The monoisotopic (exact) mass is 348 g/mol. The third-order valence-electron chi connectivity index (χ3n) is 4.71. The maximum absolute atomic E-state index is 12.6. The number of benzene rings is 1. The van der Waals surface area contributed by atoms with E-state index in [0.29, 0.717) is 38.8 Å². The van der Waals surface area contributed by atoms with E-state index >= 15 is 0 Å². The number of carbonyl (C=O) groups is 2. The number of carboxylic acid groups (broad SMARTS) is 1. The highest BCUT2D eigenvalue weighted by molar-refractivity contribution is 5.74. The van der Waals surface area contributed by atoms with Crippen molar-refractivity contribution >= 4 is 12.0 Å². The molecule has 2 rings (SSSR count). The Kier molecular flexibility index (Phi) is 6.82. The summed E-state index contributed by atoms with van der Waals surface area (Å²) in [5.74, 6) is -0.863. The Bertz CT molecular complexity index is 574. The number of hydrogen-bond acceptors (Lipinski definition) is 3. The molecule has 6 nitrogen and oxygen atoms in total. The fraction of sp³-hybridized carbons (Fsp3) is 0.579. The molecule has 1 saturated heterocycles. The van der Waals surface area contributed by atoms with Crippen LogP contribution in [0.15, 0.2) is 30.3 Å². The van der Waals surface area contributed by atoms with Gasteiger partial charge in [0.15, 0.2) is 0 Å². The van der Waals surface area contributed by atoms with E-state index in [9.17, 15) is 14.7 Å². The van der Waals surface area contributed by atoms with E-state index in [0.717, 1.165) is 12.0 Å². The molecule has 2 atom stereocenters. The summed E-state index contributed by atoms with van der Waals surface area (Å²) in [6.45, 7) is 2.92. The van der Waals surface area contributed by atoms with Gasteiger partial charge in [-0.25, -0.2) is 4.79 Å². The van der Waals surface area contributed by atoms with Gasteiger partial charge in [-0.1, -0.05) is 30.3 Å². The fourth-order valence-corrected chi connectivity index (χ4v) is 3.15. The van der Waals surface area contributed by atoms with Crippen molar-refractivity contribution in [3.63, 3.8) is 0 Å². The molecule has 1 aliphatic rings. The minimum absolute atomic E-state index is 0.0203. The number of urea groups is 1. The Balaban J connectivity index is 1.96. The minimum Gasteiger partial charge on any atom is -0.481 e. The second-order valence-electron chi connectivity index (χ2n) is 7.11. The van der Waals surface area contributed by atoms with Crippen LogP contribution in [0.2, 0.25) is 0 Å². The van der Waals surface area contributed by atoms with Gasteiger partial charge in [0.2, 0.25) is 0 Å². The zero-order chi connectivity index (χ0) is 18.3. The van der Waals surface area contributed by atoms with Crippen molar-refractivity contribution in [3.05, 3.63) is 35.9 Å². The summed E-state index contributed by atoms with van der Waals surface area (Å²) in [7, 11) is 0.